The number of ether oxygens (including phenoxy) is 2. The molecule has 0 unspecified atom stereocenters. The Kier molecular flexibility index (Phi) is 7.25. The zero-order chi connectivity index (χ0) is 23.0. The van der Waals surface area contributed by atoms with Crippen LogP contribution in [0.3, 0.4) is 0 Å². The Bertz CT molecular complexity index is 1050. The van der Waals surface area contributed by atoms with Crippen LogP contribution in [0.5, 0.6) is 5.75 Å². The van der Waals surface area contributed by atoms with Crippen molar-refractivity contribution in [2.75, 3.05) is 13.7 Å². The van der Waals surface area contributed by atoms with Crippen molar-refractivity contribution >= 4 is 12.0 Å². The van der Waals surface area contributed by atoms with Gasteiger partial charge in [0.2, 0.25) is 5.91 Å². The Hall–Kier alpha value is -3.80. The number of carbonyl (C=O) groups excluding carboxylic acids is 2. The first-order chi connectivity index (χ1) is 16.2. The highest BCUT2D eigenvalue weighted by Gasteiger charge is 2.43. The lowest BCUT2D eigenvalue weighted by atomic mass is 9.91. The van der Waals surface area contributed by atoms with E-state index in [-0.39, 0.29) is 18.4 Å². The van der Waals surface area contributed by atoms with E-state index in [0.717, 1.165) is 22.4 Å². The van der Waals surface area contributed by atoms with Crippen LogP contribution in [-0.4, -0.2) is 36.6 Å². The van der Waals surface area contributed by atoms with Gasteiger partial charge in [0, 0.05) is 19.0 Å². The zero-order valence-corrected chi connectivity index (χ0v) is 18.6. The molecule has 1 heterocycles. The molecule has 0 saturated carbocycles. The van der Waals surface area contributed by atoms with Gasteiger partial charge >= 0.3 is 6.09 Å². The molecule has 2 atom stereocenters. The summed E-state index contributed by atoms with van der Waals surface area (Å²) in [4.78, 5) is 27.9. The van der Waals surface area contributed by atoms with E-state index in [0.29, 0.717) is 19.5 Å². The number of methoxy groups -OCH3 is 1. The third-order valence-electron chi connectivity index (χ3n) is 5.96. The smallest absolute Gasteiger partial charge is 0.410 e. The second kappa shape index (κ2) is 10.7. The number of carbonyl (C=O) groups is 2. The molecule has 1 aliphatic heterocycles. The lowest BCUT2D eigenvalue weighted by Gasteiger charge is -2.27. The van der Waals surface area contributed by atoms with E-state index in [4.69, 9.17) is 9.47 Å². The topological polar surface area (TPSA) is 67.9 Å². The predicted octanol–water partition coefficient (Wildman–Crippen LogP) is 4.51. The van der Waals surface area contributed by atoms with Gasteiger partial charge in [-0.2, -0.15) is 0 Å². The molecule has 33 heavy (non-hydrogen) atoms. The molecule has 0 bridgehead atoms. The fraction of sp³-hybridized carbons (Fsp3) is 0.259. The highest BCUT2D eigenvalue weighted by atomic mass is 16.6. The molecular formula is C27H28N2O4. The summed E-state index contributed by atoms with van der Waals surface area (Å²) in [7, 11) is 1.62. The number of hydrogen-bond donors (Lipinski definition) is 1. The van der Waals surface area contributed by atoms with Gasteiger partial charge in [-0.3, -0.25) is 9.69 Å². The maximum atomic E-state index is 13.3. The van der Waals surface area contributed by atoms with Crippen molar-refractivity contribution in [2.24, 2.45) is 0 Å². The Morgan fingerprint density at radius 3 is 2.18 bits per heavy atom. The molecule has 170 valence electrons. The van der Waals surface area contributed by atoms with Gasteiger partial charge in [0.15, 0.2) is 0 Å². The van der Waals surface area contributed by atoms with Crippen LogP contribution in [0, 0.1) is 0 Å². The van der Waals surface area contributed by atoms with Crippen molar-refractivity contribution in [1.29, 1.82) is 0 Å². The molecule has 0 aromatic heterocycles. The summed E-state index contributed by atoms with van der Waals surface area (Å²) >= 11 is 0. The van der Waals surface area contributed by atoms with Gasteiger partial charge in [0.1, 0.15) is 18.4 Å². The number of likely N-dealkylation sites (tertiary alicyclic amines) is 1. The average Bonchev–Trinajstić information content (AvgIpc) is 3.32. The van der Waals surface area contributed by atoms with E-state index >= 15 is 0 Å². The first kappa shape index (κ1) is 22.4. The molecule has 1 fully saturated rings. The lowest BCUT2D eigenvalue weighted by Crippen LogP contribution is -2.48. The summed E-state index contributed by atoms with van der Waals surface area (Å²) in [6, 6.07) is 26.3. The van der Waals surface area contributed by atoms with Gasteiger partial charge in [-0.25, -0.2) is 4.79 Å². The Morgan fingerprint density at radius 2 is 1.55 bits per heavy atom. The highest BCUT2D eigenvalue weighted by Crippen LogP contribution is 2.35. The fourth-order valence-corrected chi connectivity index (χ4v) is 4.21. The molecule has 1 N–H and O–H groups in total. The quantitative estimate of drug-likeness (QED) is 0.582. The van der Waals surface area contributed by atoms with Gasteiger partial charge in [0.05, 0.1) is 7.11 Å². The number of nitrogens with zero attached hydrogens (tertiary/aromatic N) is 1. The van der Waals surface area contributed by atoms with Gasteiger partial charge in [0.25, 0.3) is 0 Å². The maximum absolute atomic E-state index is 13.3. The SMILES string of the molecule is COc1ccc([C@@H]2CCN(C(=O)OCc3ccccc3)[C@H]2C(=O)NCc2ccccc2)cc1. The average molecular weight is 445 g/mol. The summed E-state index contributed by atoms with van der Waals surface area (Å²) in [6.07, 6.45) is 0.200. The van der Waals surface area contributed by atoms with Crippen molar-refractivity contribution in [3.63, 3.8) is 0 Å². The highest BCUT2D eigenvalue weighted by molar-refractivity contribution is 5.87. The Morgan fingerprint density at radius 1 is 0.909 bits per heavy atom. The van der Waals surface area contributed by atoms with E-state index in [1.165, 1.54) is 0 Å². The lowest BCUT2D eigenvalue weighted by molar-refractivity contribution is -0.125. The fourth-order valence-electron chi connectivity index (χ4n) is 4.21. The van der Waals surface area contributed by atoms with E-state index in [1.54, 1.807) is 12.0 Å². The molecule has 3 aromatic rings. The van der Waals surface area contributed by atoms with Crippen LogP contribution in [0.2, 0.25) is 0 Å². The molecule has 6 heteroatoms. The van der Waals surface area contributed by atoms with Crippen LogP contribution >= 0.6 is 0 Å². The molecule has 0 radical (unpaired) electrons. The van der Waals surface area contributed by atoms with Crippen molar-refractivity contribution < 1.29 is 19.1 Å². The number of hydrogen-bond acceptors (Lipinski definition) is 4. The number of benzene rings is 3. The van der Waals surface area contributed by atoms with Gasteiger partial charge in [-0.1, -0.05) is 72.8 Å². The van der Waals surface area contributed by atoms with Crippen LogP contribution in [0.25, 0.3) is 0 Å². The Labute approximate surface area is 194 Å². The molecule has 4 rings (SSSR count). The molecule has 2 amide bonds. The minimum atomic E-state index is -0.648. The molecule has 1 aliphatic rings. The summed E-state index contributed by atoms with van der Waals surface area (Å²) in [6.45, 7) is 1.02. The summed E-state index contributed by atoms with van der Waals surface area (Å²) < 4.78 is 10.8. The normalized spacial score (nSPS) is 17.4. The van der Waals surface area contributed by atoms with Crippen LogP contribution < -0.4 is 10.1 Å². The molecule has 0 spiro atoms. The molecule has 3 aromatic carbocycles. The molecule has 0 aliphatic carbocycles. The minimum absolute atomic E-state index is 0.129. The monoisotopic (exact) mass is 444 g/mol. The van der Waals surface area contributed by atoms with Gasteiger partial charge in [-0.15, -0.1) is 0 Å². The van der Waals surface area contributed by atoms with Gasteiger partial charge < -0.3 is 14.8 Å². The van der Waals surface area contributed by atoms with Crippen LogP contribution in [0.1, 0.15) is 29.0 Å². The predicted molar refractivity (Wildman–Crippen MR) is 126 cm³/mol. The summed E-state index contributed by atoms with van der Waals surface area (Å²) in [5.74, 6) is 0.436. The number of nitrogens with one attached hydrogen (secondary N) is 1. The van der Waals surface area contributed by atoms with Crippen molar-refractivity contribution in [3.8, 4) is 5.75 Å². The van der Waals surface area contributed by atoms with Crippen molar-refractivity contribution in [3.05, 3.63) is 102 Å². The largest absolute Gasteiger partial charge is 0.497 e. The van der Waals surface area contributed by atoms with Gasteiger partial charge in [-0.05, 0) is 35.2 Å². The first-order valence-corrected chi connectivity index (χ1v) is 11.1. The van der Waals surface area contributed by atoms with E-state index < -0.39 is 12.1 Å². The summed E-state index contributed by atoms with van der Waals surface area (Å²) in [5.41, 5.74) is 2.90. The Balaban J connectivity index is 1.51. The first-order valence-electron chi connectivity index (χ1n) is 11.1. The third-order valence-corrected chi connectivity index (χ3v) is 5.96. The summed E-state index contributed by atoms with van der Waals surface area (Å²) in [5, 5.41) is 3.01. The third kappa shape index (κ3) is 5.52. The second-order valence-electron chi connectivity index (χ2n) is 8.05. The van der Waals surface area contributed by atoms with E-state index in [2.05, 4.69) is 5.32 Å². The molecule has 1 saturated heterocycles. The molecule has 6 nitrogen and oxygen atoms in total. The van der Waals surface area contributed by atoms with Crippen LogP contribution in [0.4, 0.5) is 4.79 Å². The van der Waals surface area contributed by atoms with Crippen LogP contribution in [0.15, 0.2) is 84.9 Å². The van der Waals surface area contributed by atoms with Crippen LogP contribution in [-0.2, 0) is 22.7 Å². The van der Waals surface area contributed by atoms with Crippen molar-refractivity contribution in [1.82, 2.24) is 10.2 Å². The number of rotatable bonds is 7. The van der Waals surface area contributed by atoms with E-state index in [9.17, 15) is 9.59 Å². The standard InChI is InChI=1S/C27H28N2O4/c1-32-23-14-12-22(13-15-23)24-16-17-29(27(31)33-19-21-10-6-3-7-11-21)25(24)26(30)28-18-20-8-4-2-5-9-20/h2-15,24-25H,16-19H2,1H3,(H,28,30)/t24-,25+/m0/s1. The molecular weight excluding hydrogens is 416 g/mol. The maximum Gasteiger partial charge on any atom is 0.410 e. The van der Waals surface area contributed by atoms with Crippen molar-refractivity contribution in [2.45, 2.75) is 31.5 Å². The minimum Gasteiger partial charge on any atom is -0.497 e. The number of amides is 2. The second-order valence-corrected chi connectivity index (χ2v) is 8.05. The zero-order valence-electron chi connectivity index (χ0n) is 18.6. The van der Waals surface area contributed by atoms with E-state index in [1.807, 2.05) is 84.9 Å².